The first kappa shape index (κ1) is 17.3. The lowest BCUT2D eigenvalue weighted by Gasteiger charge is -2.25. The first-order valence-electron chi connectivity index (χ1n) is 7.96. The molecule has 1 amide bonds. The first-order chi connectivity index (χ1) is 12.0. The maximum atomic E-state index is 11.6. The molecule has 25 heavy (non-hydrogen) atoms. The molecule has 2 N–H and O–H groups in total. The zero-order chi connectivity index (χ0) is 18.0. The lowest BCUT2D eigenvalue weighted by Crippen LogP contribution is -2.30. The van der Waals surface area contributed by atoms with Gasteiger partial charge in [-0.2, -0.15) is 5.26 Å². The van der Waals surface area contributed by atoms with Crippen molar-refractivity contribution in [1.82, 2.24) is 5.32 Å². The van der Waals surface area contributed by atoms with E-state index >= 15 is 0 Å². The van der Waals surface area contributed by atoms with Crippen LogP contribution in [0, 0.1) is 11.3 Å². The zero-order valence-corrected chi connectivity index (χ0v) is 14.5. The van der Waals surface area contributed by atoms with Crippen LogP contribution in [0.25, 0.3) is 0 Å². The highest BCUT2D eigenvalue weighted by Crippen LogP contribution is 2.35. The Kier molecular flexibility index (Phi) is 4.67. The molecule has 0 radical (unpaired) electrons. The highest BCUT2D eigenvalue weighted by molar-refractivity contribution is 6.32. The molecule has 128 valence electrons. The van der Waals surface area contributed by atoms with Gasteiger partial charge in [0.15, 0.2) is 0 Å². The molecule has 5 nitrogen and oxygen atoms in total. The van der Waals surface area contributed by atoms with Gasteiger partial charge in [-0.1, -0.05) is 23.7 Å². The van der Waals surface area contributed by atoms with Crippen LogP contribution < -0.4 is 10.2 Å². The fraction of sp³-hybridized carbons (Fsp3) is 0.263. The maximum absolute atomic E-state index is 11.6. The van der Waals surface area contributed by atoms with E-state index in [1.165, 1.54) is 0 Å². The SMILES string of the molecule is CNC(=O)c1ccc([C@]2(O)CCN(c3ccc(C#N)c(Cl)c3)C2)cc1. The molecule has 2 aromatic carbocycles. The molecule has 0 unspecified atom stereocenters. The second-order valence-electron chi connectivity index (χ2n) is 6.14. The molecule has 1 heterocycles. The third-order valence-corrected chi connectivity index (χ3v) is 4.91. The number of amides is 1. The Morgan fingerprint density at radius 3 is 2.64 bits per heavy atom. The lowest BCUT2D eigenvalue weighted by atomic mass is 9.92. The minimum atomic E-state index is -0.985. The highest BCUT2D eigenvalue weighted by atomic mass is 35.5. The third-order valence-electron chi connectivity index (χ3n) is 4.60. The number of nitrogens with zero attached hydrogens (tertiary/aromatic N) is 2. The Hall–Kier alpha value is -2.55. The molecule has 1 saturated heterocycles. The van der Waals surface area contributed by atoms with Crippen molar-refractivity contribution in [2.75, 3.05) is 25.0 Å². The molecule has 1 fully saturated rings. The van der Waals surface area contributed by atoms with Gasteiger partial charge in [0.2, 0.25) is 0 Å². The van der Waals surface area contributed by atoms with Crippen LogP contribution in [0.5, 0.6) is 0 Å². The van der Waals surface area contributed by atoms with E-state index in [0.29, 0.717) is 35.7 Å². The molecule has 0 bridgehead atoms. The molecule has 0 spiro atoms. The normalized spacial score (nSPS) is 19.5. The molecule has 0 aromatic heterocycles. The summed E-state index contributed by atoms with van der Waals surface area (Å²) in [5.74, 6) is -0.154. The maximum Gasteiger partial charge on any atom is 0.251 e. The number of halogens is 1. The van der Waals surface area contributed by atoms with Crippen LogP contribution in [-0.2, 0) is 5.60 Å². The van der Waals surface area contributed by atoms with E-state index < -0.39 is 5.60 Å². The van der Waals surface area contributed by atoms with Crippen molar-refractivity contribution in [3.63, 3.8) is 0 Å². The van der Waals surface area contributed by atoms with Gasteiger partial charge in [0, 0.05) is 24.8 Å². The Balaban J connectivity index is 1.80. The van der Waals surface area contributed by atoms with E-state index in [4.69, 9.17) is 16.9 Å². The third kappa shape index (κ3) is 3.32. The second-order valence-corrected chi connectivity index (χ2v) is 6.54. The van der Waals surface area contributed by atoms with E-state index in [1.807, 2.05) is 17.0 Å². The molecule has 1 aliphatic rings. The van der Waals surface area contributed by atoms with Crippen molar-refractivity contribution in [3.8, 4) is 6.07 Å². The molecule has 3 rings (SSSR count). The predicted molar refractivity (Wildman–Crippen MR) is 96.7 cm³/mol. The summed E-state index contributed by atoms with van der Waals surface area (Å²) in [6.45, 7) is 1.10. The molecule has 1 aliphatic heterocycles. The monoisotopic (exact) mass is 355 g/mol. The number of benzene rings is 2. The van der Waals surface area contributed by atoms with Gasteiger partial charge in [-0.15, -0.1) is 0 Å². The molecule has 1 atom stereocenters. The Morgan fingerprint density at radius 2 is 2.04 bits per heavy atom. The molecule has 0 aliphatic carbocycles. The van der Waals surface area contributed by atoms with E-state index in [-0.39, 0.29) is 5.91 Å². The molecule has 2 aromatic rings. The van der Waals surface area contributed by atoms with E-state index in [9.17, 15) is 9.90 Å². The lowest BCUT2D eigenvalue weighted by molar-refractivity contribution is 0.0606. The standard InChI is InChI=1S/C19H18ClN3O2/c1-22-18(24)13-2-5-15(6-3-13)19(25)8-9-23(12-19)16-7-4-14(11-21)17(20)10-16/h2-7,10,25H,8-9,12H2,1H3,(H,22,24)/t19-/m0/s1. The van der Waals surface area contributed by atoms with Crippen LogP contribution in [0.1, 0.15) is 27.9 Å². The zero-order valence-electron chi connectivity index (χ0n) is 13.8. The number of anilines is 1. The van der Waals surface area contributed by atoms with Crippen molar-refractivity contribution < 1.29 is 9.90 Å². The van der Waals surface area contributed by atoms with Crippen LogP contribution in [-0.4, -0.2) is 31.2 Å². The van der Waals surface area contributed by atoms with Gasteiger partial charge in [0.1, 0.15) is 11.7 Å². The summed E-state index contributed by atoms with van der Waals surface area (Å²) in [4.78, 5) is 13.7. The Morgan fingerprint density at radius 1 is 1.32 bits per heavy atom. The molecule has 0 saturated carbocycles. The van der Waals surface area contributed by atoms with Gasteiger partial charge in [0.25, 0.3) is 5.91 Å². The van der Waals surface area contributed by atoms with E-state index in [0.717, 1.165) is 11.3 Å². The van der Waals surface area contributed by atoms with Crippen molar-refractivity contribution in [1.29, 1.82) is 5.26 Å². The van der Waals surface area contributed by atoms with Crippen molar-refractivity contribution in [2.24, 2.45) is 0 Å². The summed E-state index contributed by atoms with van der Waals surface area (Å²) in [6, 6.07) is 14.3. The predicted octanol–water partition coefficient (Wildman–Crippen LogP) is 2.67. The van der Waals surface area contributed by atoms with Crippen molar-refractivity contribution in [2.45, 2.75) is 12.0 Å². The number of aliphatic hydroxyl groups is 1. The smallest absolute Gasteiger partial charge is 0.251 e. The van der Waals surface area contributed by atoms with Gasteiger partial charge in [0.05, 0.1) is 17.1 Å². The van der Waals surface area contributed by atoms with Crippen molar-refractivity contribution in [3.05, 3.63) is 64.2 Å². The molecular formula is C19H18ClN3O2. The minimum absolute atomic E-state index is 0.154. The van der Waals surface area contributed by atoms with Gasteiger partial charge < -0.3 is 15.3 Å². The number of hydrogen-bond acceptors (Lipinski definition) is 4. The van der Waals surface area contributed by atoms with Crippen LogP contribution >= 0.6 is 11.6 Å². The number of nitrogens with one attached hydrogen (secondary N) is 1. The van der Waals surface area contributed by atoms with Crippen LogP contribution in [0.15, 0.2) is 42.5 Å². The van der Waals surface area contributed by atoms with Crippen LogP contribution in [0.4, 0.5) is 5.69 Å². The van der Waals surface area contributed by atoms with Crippen molar-refractivity contribution >= 4 is 23.2 Å². The van der Waals surface area contributed by atoms with Crippen LogP contribution in [0.2, 0.25) is 5.02 Å². The fourth-order valence-electron chi connectivity index (χ4n) is 3.12. The Bertz CT molecular complexity index is 845. The molecule has 6 heteroatoms. The summed E-state index contributed by atoms with van der Waals surface area (Å²) in [7, 11) is 1.58. The van der Waals surface area contributed by atoms with E-state index in [1.54, 1.807) is 43.4 Å². The van der Waals surface area contributed by atoms with Gasteiger partial charge in [-0.25, -0.2) is 0 Å². The summed E-state index contributed by atoms with van der Waals surface area (Å²) in [5.41, 5.74) is 1.67. The average molecular weight is 356 g/mol. The first-order valence-corrected chi connectivity index (χ1v) is 8.34. The Labute approximate surface area is 151 Å². The van der Waals surface area contributed by atoms with E-state index in [2.05, 4.69) is 5.32 Å². The summed E-state index contributed by atoms with van der Waals surface area (Å²) < 4.78 is 0. The van der Waals surface area contributed by atoms with Gasteiger partial charge in [-0.05, 0) is 42.3 Å². The summed E-state index contributed by atoms with van der Waals surface area (Å²) in [5, 5.41) is 23.0. The number of hydrogen-bond donors (Lipinski definition) is 2. The quantitative estimate of drug-likeness (QED) is 0.887. The van der Waals surface area contributed by atoms with Gasteiger partial charge in [-0.3, -0.25) is 4.79 Å². The topological polar surface area (TPSA) is 76.4 Å². The fourth-order valence-corrected chi connectivity index (χ4v) is 3.33. The number of carbonyl (C=O) groups excluding carboxylic acids is 1. The number of β-amino-alcohol motifs (C(OH)–C–C–N with tert-alkyl or cyclic N) is 1. The van der Waals surface area contributed by atoms with Crippen LogP contribution in [0.3, 0.4) is 0 Å². The average Bonchev–Trinajstić information content (AvgIpc) is 3.04. The largest absolute Gasteiger partial charge is 0.383 e. The highest BCUT2D eigenvalue weighted by Gasteiger charge is 2.37. The second kappa shape index (κ2) is 6.75. The molecular weight excluding hydrogens is 338 g/mol. The van der Waals surface area contributed by atoms with Gasteiger partial charge >= 0.3 is 0 Å². The summed E-state index contributed by atoms with van der Waals surface area (Å²) >= 11 is 6.11. The number of nitriles is 1. The number of carbonyl (C=O) groups is 1. The number of rotatable bonds is 3. The summed E-state index contributed by atoms with van der Waals surface area (Å²) in [6.07, 6.45) is 0.573. The minimum Gasteiger partial charge on any atom is -0.383 e.